The molecule has 3 rings (SSSR count). The molecule has 6 heteroatoms. The fraction of sp³-hybridized carbons (Fsp3) is 0.476. The average Bonchev–Trinajstić information content (AvgIpc) is 3.16. The molecule has 0 radical (unpaired) electrons. The number of H-pyrrole nitrogens is 1. The molecule has 2 aromatic heterocycles. The first-order valence-electron chi connectivity index (χ1n) is 9.50. The van der Waals surface area contributed by atoms with Gasteiger partial charge in [-0.15, -0.1) is 0 Å². The van der Waals surface area contributed by atoms with Crippen LogP contribution in [0.5, 0.6) is 0 Å². The van der Waals surface area contributed by atoms with Crippen molar-refractivity contribution in [3.8, 4) is 0 Å². The molecule has 0 saturated carbocycles. The number of fused-ring (bicyclic) bond motifs is 1. The summed E-state index contributed by atoms with van der Waals surface area (Å²) in [5.41, 5.74) is 4.97. The number of carbonyl (C=O) groups excluding carboxylic acids is 1. The summed E-state index contributed by atoms with van der Waals surface area (Å²) in [5.74, 6) is 1.57. The molecule has 0 aliphatic rings. The number of hydrogen-bond acceptors (Lipinski definition) is 4. The zero-order valence-corrected chi connectivity index (χ0v) is 17.0. The molecule has 1 amide bonds. The minimum atomic E-state index is -0.0431. The van der Waals surface area contributed by atoms with E-state index >= 15 is 0 Å². The Balaban J connectivity index is 1.87. The molecular formula is C21H28N4O2. The third-order valence-electron chi connectivity index (χ3n) is 4.82. The smallest absolute Gasteiger partial charge is 0.270 e. The Labute approximate surface area is 160 Å². The summed E-state index contributed by atoms with van der Waals surface area (Å²) in [7, 11) is 0. The number of carbonyl (C=O) groups is 1. The van der Waals surface area contributed by atoms with Crippen LogP contribution in [0.3, 0.4) is 0 Å². The first kappa shape index (κ1) is 19.1. The van der Waals surface area contributed by atoms with Gasteiger partial charge >= 0.3 is 0 Å². The van der Waals surface area contributed by atoms with Crippen LogP contribution in [0, 0.1) is 26.7 Å². The third-order valence-corrected chi connectivity index (χ3v) is 4.82. The molecule has 27 heavy (non-hydrogen) atoms. The maximum atomic E-state index is 13.2. The van der Waals surface area contributed by atoms with Gasteiger partial charge in [0.15, 0.2) is 5.82 Å². The highest BCUT2D eigenvalue weighted by Gasteiger charge is 2.22. The van der Waals surface area contributed by atoms with E-state index in [0.29, 0.717) is 36.4 Å². The van der Waals surface area contributed by atoms with Crippen molar-refractivity contribution in [1.29, 1.82) is 0 Å². The molecule has 0 unspecified atom stereocenters. The van der Waals surface area contributed by atoms with E-state index in [1.807, 2.05) is 13.8 Å². The van der Waals surface area contributed by atoms with Crippen molar-refractivity contribution >= 4 is 16.8 Å². The SMILES string of the molecule is CCN(Cc1noc(CC(C)C)n1)C(=O)c1[nH]c2c(C)cc(C)cc2c1C. The summed E-state index contributed by atoms with van der Waals surface area (Å²) < 4.78 is 5.30. The topological polar surface area (TPSA) is 75.0 Å². The Bertz CT molecular complexity index is 968. The second-order valence-electron chi connectivity index (χ2n) is 7.65. The number of aromatic nitrogens is 3. The fourth-order valence-corrected chi connectivity index (χ4v) is 3.44. The summed E-state index contributed by atoms with van der Waals surface area (Å²) in [6, 6.07) is 4.25. The van der Waals surface area contributed by atoms with Crippen molar-refractivity contribution in [2.75, 3.05) is 6.54 Å². The highest BCUT2D eigenvalue weighted by atomic mass is 16.5. The Morgan fingerprint density at radius 3 is 2.67 bits per heavy atom. The van der Waals surface area contributed by atoms with Crippen LogP contribution < -0.4 is 0 Å². The van der Waals surface area contributed by atoms with Gasteiger partial charge in [-0.05, 0) is 50.8 Å². The number of aryl methyl sites for hydroxylation is 3. The minimum Gasteiger partial charge on any atom is -0.350 e. The van der Waals surface area contributed by atoms with Gasteiger partial charge < -0.3 is 14.4 Å². The van der Waals surface area contributed by atoms with E-state index in [9.17, 15) is 4.79 Å². The van der Waals surface area contributed by atoms with E-state index in [-0.39, 0.29) is 5.91 Å². The van der Waals surface area contributed by atoms with Gasteiger partial charge in [-0.25, -0.2) is 0 Å². The van der Waals surface area contributed by atoms with Gasteiger partial charge in [-0.2, -0.15) is 4.98 Å². The molecule has 144 valence electrons. The van der Waals surface area contributed by atoms with Crippen molar-refractivity contribution < 1.29 is 9.32 Å². The van der Waals surface area contributed by atoms with Crippen molar-refractivity contribution in [3.05, 3.63) is 46.2 Å². The number of nitrogens with one attached hydrogen (secondary N) is 1. The number of rotatable bonds is 6. The van der Waals surface area contributed by atoms with E-state index in [0.717, 1.165) is 28.5 Å². The predicted octanol–water partition coefficient (Wildman–Crippen LogP) is 4.34. The van der Waals surface area contributed by atoms with Crippen LogP contribution in [-0.4, -0.2) is 32.5 Å². The number of aromatic amines is 1. The van der Waals surface area contributed by atoms with Crippen LogP contribution >= 0.6 is 0 Å². The lowest BCUT2D eigenvalue weighted by Gasteiger charge is -2.18. The van der Waals surface area contributed by atoms with E-state index in [1.54, 1.807) is 4.90 Å². The first-order chi connectivity index (χ1) is 12.8. The summed E-state index contributed by atoms with van der Waals surface area (Å²) in [6.07, 6.45) is 0.743. The lowest BCUT2D eigenvalue weighted by atomic mass is 10.1. The number of amides is 1. The van der Waals surface area contributed by atoms with Crippen LogP contribution in [0.2, 0.25) is 0 Å². The first-order valence-corrected chi connectivity index (χ1v) is 9.50. The van der Waals surface area contributed by atoms with Gasteiger partial charge in [0.25, 0.3) is 5.91 Å². The molecule has 0 spiro atoms. The minimum absolute atomic E-state index is 0.0431. The van der Waals surface area contributed by atoms with Gasteiger partial charge in [0, 0.05) is 23.9 Å². The second kappa shape index (κ2) is 7.55. The van der Waals surface area contributed by atoms with Crippen LogP contribution in [-0.2, 0) is 13.0 Å². The highest BCUT2D eigenvalue weighted by molar-refractivity contribution is 6.01. The van der Waals surface area contributed by atoms with Crippen molar-refractivity contribution in [2.45, 2.75) is 54.5 Å². The van der Waals surface area contributed by atoms with Crippen LogP contribution in [0.25, 0.3) is 10.9 Å². The summed E-state index contributed by atoms with van der Waals surface area (Å²) >= 11 is 0. The Kier molecular flexibility index (Phi) is 5.35. The molecule has 0 aliphatic carbocycles. The van der Waals surface area contributed by atoms with Gasteiger partial charge in [-0.3, -0.25) is 4.79 Å². The van der Waals surface area contributed by atoms with Gasteiger partial charge in [0.05, 0.1) is 6.54 Å². The Morgan fingerprint density at radius 1 is 1.26 bits per heavy atom. The average molecular weight is 368 g/mol. The molecule has 0 bridgehead atoms. The van der Waals surface area contributed by atoms with E-state index in [2.05, 4.69) is 55.0 Å². The fourth-order valence-electron chi connectivity index (χ4n) is 3.44. The van der Waals surface area contributed by atoms with E-state index in [1.165, 1.54) is 5.56 Å². The summed E-state index contributed by atoms with van der Waals surface area (Å²) in [6.45, 7) is 13.2. The normalized spacial score (nSPS) is 11.5. The van der Waals surface area contributed by atoms with Crippen molar-refractivity contribution in [1.82, 2.24) is 20.0 Å². The standard InChI is InChI=1S/C21H28N4O2/c1-7-25(11-17-22-18(27-24-17)8-12(2)3)21(26)20-15(6)16-10-13(4)9-14(5)19(16)23-20/h9-10,12,23H,7-8,11H2,1-6H3. The zero-order valence-electron chi connectivity index (χ0n) is 17.0. The predicted molar refractivity (Wildman–Crippen MR) is 106 cm³/mol. The summed E-state index contributed by atoms with van der Waals surface area (Å²) in [4.78, 5) is 22.7. The molecule has 0 saturated heterocycles. The van der Waals surface area contributed by atoms with Crippen LogP contribution in [0.15, 0.2) is 16.7 Å². The lowest BCUT2D eigenvalue weighted by Crippen LogP contribution is -2.31. The molecule has 3 aromatic rings. The molecule has 6 nitrogen and oxygen atoms in total. The van der Waals surface area contributed by atoms with E-state index in [4.69, 9.17) is 4.52 Å². The third kappa shape index (κ3) is 3.89. The zero-order chi connectivity index (χ0) is 19.7. The molecule has 0 aliphatic heterocycles. The lowest BCUT2D eigenvalue weighted by molar-refractivity contribution is 0.0741. The molecule has 1 aromatic carbocycles. The van der Waals surface area contributed by atoms with Crippen LogP contribution in [0.1, 0.15) is 59.7 Å². The molecule has 0 atom stereocenters. The Hall–Kier alpha value is -2.63. The highest BCUT2D eigenvalue weighted by Crippen LogP contribution is 2.27. The quantitative estimate of drug-likeness (QED) is 0.702. The van der Waals surface area contributed by atoms with Crippen molar-refractivity contribution in [3.63, 3.8) is 0 Å². The van der Waals surface area contributed by atoms with Gasteiger partial charge in [0.2, 0.25) is 5.89 Å². The Morgan fingerprint density at radius 2 is 2.00 bits per heavy atom. The summed E-state index contributed by atoms with van der Waals surface area (Å²) in [5, 5.41) is 5.14. The molecule has 0 fully saturated rings. The van der Waals surface area contributed by atoms with Crippen LogP contribution in [0.4, 0.5) is 0 Å². The molecular weight excluding hydrogens is 340 g/mol. The van der Waals surface area contributed by atoms with Crippen molar-refractivity contribution in [2.24, 2.45) is 5.92 Å². The largest absolute Gasteiger partial charge is 0.350 e. The maximum Gasteiger partial charge on any atom is 0.270 e. The number of hydrogen-bond donors (Lipinski definition) is 1. The molecule has 1 N–H and O–H groups in total. The maximum absolute atomic E-state index is 13.2. The molecule has 2 heterocycles. The van der Waals surface area contributed by atoms with Gasteiger partial charge in [0.1, 0.15) is 5.69 Å². The number of benzene rings is 1. The second-order valence-corrected chi connectivity index (χ2v) is 7.65. The van der Waals surface area contributed by atoms with Gasteiger partial charge in [-0.1, -0.05) is 30.6 Å². The number of nitrogens with zero attached hydrogens (tertiary/aromatic N) is 3. The monoisotopic (exact) mass is 368 g/mol. The van der Waals surface area contributed by atoms with E-state index < -0.39 is 0 Å².